The minimum Gasteiger partial charge on any atom is -0.338 e. The van der Waals surface area contributed by atoms with Gasteiger partial charge in [0.2, 0.25) is 5.91 Å². The van der Waals surface area contributed by atoms with Gasteiger partial charge in [-0.2, -0.15) is 5.10 Å². The SMILES string of the molecule is C=CC(=O)N1CCC(c2ncc3cc(-c4c(C)ccc5[nH]ncc45)c(Cl)cc3n2)C1. The van der Waals surface area contributed by atoms with Crippen LogP contribution in [0.1, 0.15) is 23.7 Å². The van der Waals surface area contributed by atoms with Crippen LogP contribution in [-0.4, -0.2) is 44.1 Å². The third kappa shape index (κ3) is 3.04. The van der Waals surface area contributed by atoms with Crippen LogP contribution in [-0.2, 0) is 4.79 Å². The third-order valence-corrected chi connectivity index (χ3v) is 6.14. The highest BCUT2D eigenvalue weighted by molar-refractivity contribution is 6.34. The highest BCUT2D eigenvalue weighted by atomic mass is 35.5. The number of carbonyl (C=O) groups excluding carboxylic acids is 1. The molecule has 1 saturated heterocycles. The van der Waals surface area contributed by atoms with Crippen molar-refractivity contribution in [2.24, 2.45) is 0 Å². The van der Waals surface area contributed by atoms with Crippen molar-refractivity contribution in [2.45, 2.75) is 19.3 Å². The summed E-state index contributed by atoms with van der Waals surface area (Å²) >= 11 is 6.72. The second kappa shape index (κ2) is 7.22. The quantitative estimate of drug-likeness (QED) is 0.493. The van der Waals surface area contributed by atoms with E-state index in [1.807, 2.05) is 30.6 Å². The molecular formula is C23H20ClN5O. The van der Waals surface area contributed by atoms with Crippen molar-refractivity contribution in [1.82, 2.24) is 25.1 Å². The Morgan fingerprint density at radius 3 is 3.03 bits per heavy atom. The van der Waals surface area contributed by atoms with Crippen LogP contribution in [0.2, 0.25) is 5.02 Å². The molecule has 3 heterocycles. The molecule has 0 spiro atoms. The first-order chi connectivity index (χ1) is 14.5. The maximum absolute atomic E-state index is 11.9. The Kier molecular flexibility index (Phi) is 4.51. The summed E-state index contributed by atoms with van der Waals surface area (Å²) in [7, 11) is 0. The van der Waals surface area contributed by atoms with E-state index in [1.54, 1.807) is 4.90 Å². The molecule has 1 aliphatic heterocycles. The largest absolute Gasteiger partial charge is 0.338 e. The number of nitrogens with one attached hydrogen (secondary N) is 1. The zero-order chi connectivity index (χ0) is 20.8. The van der Waals surface area contributed by atoms with Crippen molar-refractivity contribution >= 4 is 39.3 Å². The van der Waals surface area contributed by atoms with E-state index in [-0.39, 0.29) is 11.8 Å². The lowest BCUT2D eigenvalue weighted by Gasteiger charge is -2.14. The molecular weight excluding hydrogens is 398 g/mol. The summed E-state index contributed by atoms with van der Waals surface area (Å²) in [5, 5.41) is 9.79. The van der Waals surface area contributed by atoms with Crippen molar-refractivity contribution < 1.29 is 4.79 Å². The summed E-state index contributed by atoms with van der Waals surface area (Å²) in [6.45, 7) is 6.95. The van der Waals surface area contributed by atoms with Crippen molar-refractivity contribution in [3.8, 4) is 11.1 Å². The molecule has 1 aliphatic rings. The van der Waals surface area contributed by atoms with Gasteiger partial charge >= 0.3 is 0 Å². The number of amides is 1. The number of benzene rings is 2. The van der Waals surface area contributed by atoms with E-state index in [0.717, 1.165) is 50.7 Å². The highest BCUT2D eigenvalue weighted by Crippen LogP contribution is 2.38. The number of aryl methyl sites for hydroxylation is 1. The first kappa shape index (κ1) is 18.8. The minimum absolute atomic E-state index is 0.0465. The van der Waals surface area contributed by atoms with Crippen LogP contribution in [0.3, 0.4) is 0 Å². The predicted octanol–water partition coefficient (Wildman–Crippen LogP) is 4.64. The number of hydrogen-bond acceptors (Lipinski definition) is 4. The smallest absolute Gasteiger partial charge is 0.245 e. The number of rotatable bonds is 3. The number of likely N-dealkylation sites (tertiary alicyclic amines) is 1. The van der Waals surface area contributed by atoms with Gasteiger partial charge in [-0.15, -0.1) is 0 Å². The standard InChI is InChI=1S/C23H20ClN5O/c1-3-21(30)29-7-6-14(12-29)23-25-10-15-8-16(18(24)9-20(15)27-23)22-13(2)4-5-19-17(22)11-26-28-19/h3-5,8-11,14H,1,6-7,12H2,2H3,(H,26,28). The minimum atomic E-state index is -0.0465. The van der Waals surface area contributed by atoms with E-state index in [1.165, 1.54) is 6.08 Å². The molecule has 150 valence electrons. The van der Waals surface area contributed by atoms with Gasteiger partial charge < -0.3 is 4.90 Å². The van der Waals surface area contributed by atoms with E-state index in [0.29, 0.717) is 18.1 Å². The number of H-pyrrole nitrogens is 1. The van der Waals surface area contributed by atoms with Gasteiger partial charge in [-0.25, -0.2) is 9.97 Å². The fraction of sp³-hybridized carbons (Fsp3) is 0.217. The van der Waals surface area contributed by atoms with E-state index in [9.17, 15) is 4.79 Å². The van der Waals surface area contributed by atoms with Crippen molar-refractivity contribution in [2.75, 3.05) is 13.1 Å². The fourth-order valence-corrected chi connectivity index (χ4v) is 4.49. The normalized spacial score (nSPS) is 16.5. The second-order valence-corrected chi connectivity index (χ2v) is 8.09. The topological polar surface area (TPSA) is 74.8 Å². The summed E-state index contributed by atoms with van der Waals surface area (Å²) < 4.78 is 0. The zero-order valence-corrected chi connectivity index (χ0v) is 17.3. The van der Waals surface area contributed by atoms with Crippen LogP contribution in [0.5, 0.6) is 0 Å². The first-order valence-electron chi connectivity index (χ1n) is 9.85. The third-order valence-electron chi connectivity index (χ3n) is 5.83. The van der Waals surface area contributed by atoms with E-state index < -0.39 is 0 Å². The maximum atomic E-state index is 11.9. The molecule has 0 saturated carbocycles. The van der Waals surface area contributed by atoms with Gasteiger partial charge in [0.05, 0.1) is 22.3 Å². The molecule has 1 unspecified atom stereocenters. The molecule has 2 aromatic carbocycles. The second-order valence-electron chi connectivity index (χ2n) is 7.68. The average Bonchev–Trinajstić information content (AvgIpc) is 3.42. The van der Waals surface area contributed by atoms with Crippen molar-refractivity contribution in [3.63, 3.8) is 0 Å². The van der Waals surface area contributed by atoms with Gasteiger partial charge in [0.15, 0.2) is 0 Å². The van der Waals surface area contributed by atoms with Gasteiger partial charge in [-0.3, -0.25) is 9.89 Å². The number of fused-ring (bicyclic) bond motifs is 2. The number of hydrogen-bond donors (Lipinski definition) is 1. The van der Waals surface area contributed by atoms with Crippen molar-refractivity contribution in [1.29, 1.82) is 0 Å². The molecule has 5 rings (SSSR count). The summed E-state index contributed by atoms with van der Waals surface area (Å²) in [6, 6.07) is 8.02. The molecule has 6 nitrogen and oxygen atoms in total. The van der Waals surface area contributed by atoms with Crippen LogP contribution in [0, 0.1) is 6.92 Å². The van der Waals surface area contributed by atoms with Crippen LogP contribution in [0.15, 0.2) is 49.3 Å². The van der Waals surface area contributed by atoms with E-state index >= 15 is 0 Å². The molecule has 7 heteroatoms. The molecule has 1 N–H and O–H groups in total. The van der Waals surface area contributed by atoms with Crippen LogP contribution in [0.25, 0.3) is 32.9 Å². The van der Waals surface area contributed by atoms with E-state index in [2.05, 4.69) is 34.8 Å². The number of carbonyl (C=O) groups is 1. The summed E-state index contributed by atoms with van der Waals surface area (Å²) in [5.41, 5.74) is 4.90. The molecule has 2 aromatic heterocycles. The Morgan fingerprint density at radius 1 is 1.33 bits per heavy atom. The number of nitrogens with zero attached hydrogens (tertiary/aromatic N) is 4. The van der Waals surface area contributed by atoms with Crippen LogP contribution in [0.4, 0.5) is 0 Å². The van der Waals surface area contributed by atoms with E-state index in [4.69, 9.17) is 16.6 Å². The lowest BCUT2D eigenvalue weighted by atomic mass is 9.96. The Balaban J connectivity index is 1.55. The summed E-state index contributed by atoms with van der Waals surface area (Å²) in [5.74, 6) is 0.826. The first-order valence-corrected chi connectivity index (χ1v) is 10.2. The van der Waals surface area contributed by atoms with Crippen LogP contribution < -0.4 is 0 Å². The summed E-state index contributed by atoms with van der Waals surface area (Å²) in [6.07, 6.45) is 5.88. The molecule has 0 radical (unpaired) electrons. The fourth-order valence-electron chi connectivity index (χ4n) is 4.24. The molecule has 0 bridgehead atoms. The molecule has 1 fully saturated rings. The Labute approximate surface area is 178 Å². The molecule has 1 atom stereocenters. The lowest BCUT2D eigenvalue weighted by Crippen LogP contribution is -2.26. The number of halogens is 1. The number of aromatic amines is 1. The molecule has 30 heavy (non-hydrogen) atoms. The Bertz CT molecular complexity index is 1310. The van der Waals surface area contributed by atoms with Gasteiger partial charge in [0.25, 0.3) is 0 Å². The monoisotopic (exact) mass is 417 g/mol. The van der Waals surface area contributed by atoms with Gasteiger partial charge in [-0.05, 0) is 48.7 Å². The Morgan fingerprint density at radius 2 is 2.20 bits per heavy atom. The number of aromatic nitrogens is 4. The molecule has 4 aromatic rings. The lowest BCUT2D eigenvalue weighted by molar-refractivity contribution is -0.125. The molecule has 1 amide bonds. The Hall–Kier alpha value is -3.25. The average molecular weight is 418 g/mol. The van der Waals surface area contributed by atoms with Gasteiger partial charge in [-0.1, -0.05) is 24.2 Å². The van der Waals surface area contributed by atoms with Crippen LogP contribution >= 0.6 is 11.6 Å². The summed E-state index contributed by atoms with van der Waals surface area (Å²) in [4.78, 5) is 23.0. The predicted molar refractivity (Wildman–Crippen MR) is 119 cm³/mol. The van der Waals surface area contributed by atoms with Gasteiger partial charge in [0.1, 0.15) is 5.82 Å². The maximum Gasteiger partial charge on any atom is 0.245 e. The highest BCUT2D eigenvalue weighted by Gasteiger charge is 2.28. The zero-order valence-electron chi connectivity index (χ0n) is 16.5. The molecule has 0 aliphatic carbocycles. The van der Waals surface area contributed by atoms with Gasteiger partial charge in [0, 0.05) is 41.5 Å². The van der Waals surface area contributed by atoms with Crippen molar-refractivity contribution in [3.05, 3.63) is 65.7 Å².